The number of carbonyl (C=O) groups is 4. The molecule has 0 aliphatic carbocycles. The third-order valence-corrected chi connectivity index (χ3v) is 13.9. The largest absolute Gasteiger partial charge is 0.419 e. The number of benzene rings is 4. The Labute approximate surface area is 539 Å². The standard InChI is InChI=1S/C16H21N3O.2C16H20N2O2.C16H20N2OS.4CO2/c1-13-17-16(19-18-13)15(20)12-8-3-2-5-9-14-10-6-4-7-11-14;1-13-17-18-16(20-13)15(19)12-8-3-2-5-9-14-10-6-4-7-11-14;1-13-17-16(18-20-13)15(19)12-8-3-2-5-9-14-10-6-4-7-11-14;1-13-17-18-16(20-13)15(19)12-8-3-2-5-9-14-10-6-4-7-11-14;4*2-1-3/h4,6-7,10-11H,2-3,5,8-9,12H2,1H3,(H,17,18,19);3*4,6-7,10-11H,2-3,5,8-9,12H2,1H3;;;;. The second-order valence-corrected chi connectivity index (χ2v) is 21.4. The Morgan fingerprint density at radius 3 is 1.04 bits per heavy atom. The van der Waals surface area contributed by atoms with Gasteiger partial charge in [-0.25, -0.2) is 4.98 Å². The highest BCUT2D eigenvalue weighted by Crippen LogP contribution is 2.16. The third kappa shape index (κ3) is 41.3. The first-order chi connectivity index (χ1) is 44.7. The molecule has 0 fully saturated rings. The predicted octanol–water partition coefficient (Wildman–Crippen LogP) is 12.9. The first-order valence-electron chi connectivity index (χ1n) is 30.2. The van der Waals surface area contributed by atoms with Crippen molar-refractivity contribution in [1.29, 1.82) is 0 Å². The summed E-state index contributed by atoms with van der Waals surface area (Å²) in [6, 6.07) is 42.0. The number of hydrogen-bond donors (Lipinski definition) is 1. The summed E-state index contributed by atoms with van der Waals surface area (Å²) in [6.07, 6.45) is 24.9. The Hall–Kier alpha value is -9.94. The number of hydrogen-bond acceptors (Lipinski definition) is 23. The van der Waals surface area contributed by atoms with Crippen LogP contribution in [0.1, 0.15) is 215 Å². The number of nitrogens with one attached hydrogen (secondary N) is 1. The molecule has 8 aromatic rings. The maximum absolute atomic E-state index is 11.8. The number of aromatic amines is 1. The van der Waals surface area contributed by atoms with Crippen molar-refractivity contribution in [3.63, 3.8) is 0 Å². The van der Waals surface area contributed by atoms with Gasteiger partial charge in [0.15, 0.2) is 10.8 Å². The van der Waals surface area contributed by atoms with E-state index in [0.29, 0.717) is 54.1 Å². The number of H-pyrrole nitrogens is 1. The third-order valence-electron chi connectivity index (χ3n) is 13.0. The average molecular weight is 1280 g/mol. The Bertz CT molecular complexity index is 2920. The Balaban J connectivity index is 0.000000578. The van der Waals surface area contributed by atoms with Gasteiger partial charge >= 0.3 is 24.6 Å². The molecule has 0 bridgehead atoms. The van der Waals surface area contributed by atoms with E-state index in [1.807, 2.05) is 31.2 Å². The van der Waals surface area contributed by atoms with Gasteiger partial charge in [0.25, 0.3) is 5.89 Å². The predicted molar refractivity (Wildman–Crippen MR) is 334 cm³/mol. The molecule has 1 N–H and O–H groups in total. The van der Waals surface area contributed by atoms with Crippen LogP contribution in [0.2, 0.25) is 0 Å². The molecule has 488 valence electrons. The zero-order chi connectivity index (χ0) is 67.7. The molecule has 8 rings (SSSR count). The smallest absolute Gasteiger partial charge is 0.373 e. The van der Waals surface area contributed by atoms with Gasteiger partial charge in [0.05, 0.1) is 0 Å². The fourth-order valence-electron chi connectivity index (χ4n) is 8.59. The van der Waals surface area contributed by atoms with E-state index in [1.165, 1.54) is 59.3 Å². The van der Waals surface area contributed by atoms with Gasteiger partial charge in [-0.05, 0) is 113 Å². The number of aryl methyl sites for hydroxylation is 8. The van der Waals surface area contributed by atoms with Gasteiger partial charge in [0, 0.05) is 39.5 Å². The van der Waals surface area contributed by atoms with Gasteiger partial charge in [-0.3, -0.25) is 24.3 Å². The molecule has 0 atom stereocenters. The van der Waals surface area contributed by atoms with E-state index in [1.54, 1.807) is 20.8 Å². The summed E-state index contributed by atoms with van der Waals surface area (Å²) >= 11 is 1.39. The highest BCUT2D eigenvalue weighted by molar-refractivity contribution is 7.13. The molecule has 0 amide bonds. The number of Topliss-reactive ketones (excluding diaryl/α,β-unsaturated/α-hetero) is 4. The van der Waals surface area contributed by atoms with Crippen LogP contribution in [0.3, 0.4) is 0 Å². The van der Waals surface area contributed by atoms with Gasteiger partial charge < -0.3 is 8.94 Å². The van der Waals surface area contributed by atoms with E-state index in [-0.39, 0.29) is 59.5 Å². The lowest BCUT2D eigenvalue weighted by Crippen LogP contribution is -2.01. The topological polar surface area (TPSA) is 350 Å². The van der Waals surface area contributed by atoms with Crippen LogP contribution < -0.4 is 0 Å². The second-order valence-electron chi connectivity index (χ2n) is 20.3. The molecular weight excluding hydrogens is 1200 g/mol. The van der Waals surface area contributed by atoms with Crippen LogP contribution in [0.4, 0.5) is 0 Å². The van der Waals surface area contributed by atoms with Crippen molar-refractivity contribution in [2.45, 2.75) is 182 Å². The molecule has 0 spiro atoms. The summed E-state index contributed by atoms with van der Waals surface area (Å²) in [5.41, 5.74) is 5.54. The molecule has 0 aliphatic rings. The van der Waals surface area contributed by atoms with Crippen molar-refractivity contribution in [2.24, 2.45) is 0 Å². The average Bonchev–Trinajstić information content (AvgIpc) is 3.51. The lowest BCUT2D eigenvalue weighted by Gasteiger charge is -2.01. The number of nitrogens with zero attached hydrogens (tertiary/aromatic N) is 8. The minimum Gasteiger partial charge on any atom is -0.419 e. The van der Waals surface area contributed by atoms with Crippen LogP contribution >= 0.6 is 11.3 Å². The monoisotopic (exact) mass is 1280 g/mol. The van der Waals surface area contributed by atoms with Crippen LogP contribution in [-0.4, -0.2) is 93.5 Å². The molecule has 0 radical (unpaired) electrons. The van der Waals surface area contributed by atoms with Gasteiger partial charge in [0.1, 0.15) is 10.8 Å². The fourth-order valence-corrected chi connectivity index (χ4v) is 9.25. The van der Waals surface area contributed by atoms with Crippen molar-refractivity contribution in [3.8, 4) is 0 Å². The second kappa shape index (κ2) is 54.0. The van der Waals surface area contributed by atoms with Crippen LogP contribution in [0.15, 0.2) is 130 Å². The minimum atomic E-state index is -0.0475. The summed E-state index contributed by atoms with van der Waals surface area (Å²) in [4.78, 5) is 120. The van der Waals surface area contributed by atoms with E-state index >= 15 is 0 Å². The normalized spacial score (nSPS) is 9.61. The highest BCUT2D eigenvalue weighted by Gasteiger charge is 2.15. The SMILES string of the molecule is Cc1nc(C(=O)CCCCCCc2ccccc2)n[nH]1.Cc1nc(C(=O)CCCCCCc2ccccc2)no1.Cc1nnc(C(=O)CCCCCCc2ccccc2)o1.Cc1nnc(C(=O)CCCCCCc2ccccc2)s1.O=C=O.O=C=O.O=C=O.O=C=O. The van der Waals surface area contributed by atoms with Crippen LogP contribution in [-0.2, 0) is 64.0 Å². The maximum Gasteiger partial charge on any atom is 0.373 e. The van der Waals surface area contributed by atoms with Crippen molar-refractivity contribution < 1.29 is 66.5 Å². The minimum absolute atomic E-state index is 0.0232. The lowest BCUT2D eigenvalue weighted by molar-refractivity contribution is -0.193. The van der Waals surface area contributed by atoms with E-state index in [0.717, 1.165) is 108 Å². The summed E-state index contributed by atoms with van der Waals surface area (Å²) in [5.74, 6) is 2.36. The van der Waals surface area contributed by atoms with Crippen molar-refractivity contribution in [3.05, 3.63) is 189 Å². The quantitative estimate of drug-likeness (QED) is 0.0302. The number of aromatic nitrogens is 9. The fraction of sp³-hybridized carbons (Fsp3) is 0.412. The number of unbranched alkanes of at least 4 members (excludes halogenated alkanes) is 12. The van der Waals surface area contributed by atoms with Crippen LogP contribution in [0.5, 0.6) is 0 Å². The van der Waals surface area contributed by atoms with Crippen molar-refractivity contribution >= 4 is 59.1 Å². The van der Waals surface area contributed by atoms with Gasteiger partial charge in [0.2, 0.25) is 40.8 Å². The Morgan fingerprint density at radius 1 is 0.391 bits per heavy atom. The Kier molecular flexibility index (Phi) is 47.0. The highest BCUT2D eigenvalue weighted by atomic mass is 32.1. The molecule has 0 aliphatic heterocycles. The number of carbonyl (C=O) groups excluding carboxylic acids is 12. The lowest BCUT2D eigenvalue weighted by atomic mass is 10.0. The van der Waals surface area contributed by atoms with E-state index in [9.17, 15) is 19.2 Å². The van der Waals surface area contributed by atoms with Gasteiger partial charge in [-0.1, -0.05) is 189 Å². The molecule has 0 unspecified atom stereocenters. The zero-order valence-electron chi connectivity index (χ0n) is 52.7. The molecule has 0 saturated heterocycles. The first-order valence-corrected chi connectivity index (χ1v) is 31.1. The van der Waals surface area contributed by atoms with Crippen LogP contribution in [0, 0.1) is 27.7 Å². The van der Waals surface area contributed by atoms with Crippen molar-refractivity contribution in [2.75, 3.05) is 0 Å². The molecule has 24 heteroatoms. The summed E-state index contributed by atoms with van der Waals surface area (Å²) in [6.45, 7) is 7.05. The molecule has 23 nitrogen and oxygen atoms in total. The molecule has 4 aromatic carbocycles. The van der Waals surface area contributed by atoms with Gasteiger partial charge in [-0.2, -0.15) is 48.4 Å². The number of rotatable bonds is 32. The molecule has 4 aromatic heterocycles. The number of ketones is 4. The van der Waals surface area contributed by atoms with Gasteiger partial charge in [-0.15, -0.1) is 20.4 Å². The zero-order valence-corrected chi connectivity index (χ0v) is 53.5. The van der Waals surface area contributed by atoms with Crippen LogP contribution in [0.25, 0.3) is 0 Å². The summed E-state index contributed by atoms with van der Waals surface area (Å²) < 4.78 is 9.91. The first kappa shape index (κ1) is 80.1. The van der Waals surface area contributed by atoms with Crippen molar-refractivity contribution in [1.82, 2.24) is 45.7 Å². The van der Waals surface area contributed by atoms with E-state index in [4.69, 9.17) is 47.3 Å². The van der Waals surface area contributed by atoms with E-state index in [2.05, 4.69) is 143 Å². The maximum atomic E-state index is 11.8. The molecule has 0 saturated carbocycles. The Morgan fingerprint density at radius 2 is 0.739 bits per heavy atom. The molecule has 92 heavy (non-hydrogen) atoms. The van der Waals surface area contributed by atoms with E-state index < -0.39 is 0 Å². The molecule has 4 heterocycles. The molecular formula is C68H81N9O14S. The summed E-state index contributed by atoms with van der Waals surface area (Å²) in [7, 11) is 0. The summed E-state index contributed by atoms with van der Waals surface area (Å²) in [5, 5.41) is 26.8.